The topological polar surface area (TPSA) is 66.0 Å². The molecule has 2 aromatic carbocycles. The summed E-state index contributed by atoms with van der Waals surface area (Å²) in [6.45, 7) is 1.29. The number of amides is 1. The first-order valence-corrected chi connectivity index (χ1v) is 9.90. The van der Waals surface area contributed by atoms with Crippen LogP contribution in [0.3, 0.4) is 0 Å². The number of rotatable bonds is 12. The van der Waals surface area contributed by atoms with Crippen LogP contribution in [0.4, 0.5) is 0 Å². The maximum absolute atomic E-state index is 12.5. The molecule has 6 nitrogen and oxygen atoms in total. The van der Waals surface area contributed by atoms with Crippen molar-refractivity contribution in [2.45, 2.75) is 19.1 Å². The lowest BCUT2D eigenvalue weighted by molar-refractivity contribution is -0.136. The van der Waals surface area contributed by atoms with Crippen LogP contribution in [-0.2, 0) is 32.0 Å². The van der Waals surface area contributed by atoms with E-state index >= 15 is 0 Å². The van der Waals surface area contributed by atoms with Gasteiger partial charge >= 0.3 is 0 Å². The van der Waals surface area contributed by atoms with Crippen LogP contribution in [0.1, 0.15) is 11.1 Å². The zero-order valence-corrected chi connectivity index (χ0v) is 17.6. The van der Waals surface area contributed by atoms with Gasteiger partial charge in [-0.15, -0.1) is 6.42 Å². The molecular weight excluding hydrogens is 394 g/mol. The molecule has 162 valence electrons. The molecule has 1 amide bonds. The van der Waals surface area contributed by atoms with Gasteiger partial charge in [0.2, 0.25) is 0 Å². The average Bonchev–Trinajstić information content (AvgIpc) is 2.80. The first-order chi connectivity index (χ1) is 15.2. The Hall–Kier alpha value is -3.45. The Bertz CT molecular complexity index is 878. The lowest BCUT2D eigenvalue weighted by atomic mass is 10.1. The van der Waals surface area contributed by atoms with Crippen molar-refractivity contribution in [3.63, 3.8) is 0 Å². The maximum Gasteiger partial charge on any atom is 0.251 e. The molecular formula is C25H27NO5. The van der Waals surface area contributed by atoms with Crippen LogP contribution in [0, 0.1) is 24.4 Å². The van der Waals surface area contributed by atoms with Gasteiger partial charge in [0.15, 0.2) is 12.7 Å². The monoisotopic (exact) mass is 421 g/mol. The maximum atomic E-state index is 12.5. The molecule has 1 N–H and O–H groups in total. The summed E-state index contributed by atoms with van der Waals surface area (Å²) in [5.41, 5.74) is 2.09. The van der Waals surface area contributed by atoms with E-state index in [2.05, 4.69) is 28.0 Å². The zero-order chi connectivity index (χ0) is 22.2. The summed E-state index contributed by atoms with van der Waals surface area (Å²) in [5, 5.41) is 2.88. The van der Waals surface area contributed by atoms with Crippen molar-refractivity contribution in [1.82, 2.24) is 5.32 Å². The van der Waals surface area contributed by atoms with Crippen molar-refractivity contribution >= 4 is 5.91 Å². The van der Waals surface area contributed by atoms with Crippen molar-refractivity contribution in [2.75, 3.05) is 33.5 Å². The minimum absolute atomic E-state index is 0.0446. The van der Waals surface area contributed by atoms with E-state index in [0.717, 1.165) is 16.9 Å². The van der Waals surface area contributed by atoms with Gasteiger partial charge < -0.3 is 24.3 Å². The molecule has 0 bridgehead atoms. The van der Waals surface area contributed by atoms with E-state index in [1.54, 1.807) is 0 Å². The molecule has 0 aromatic heterocycles. The largest absolute Gasteiger partial charge is 0.481 e. The van der Waals surface area contributed by atoms with Gasteiger partial charge in [0.25, 0.3) is 5.91 Å². The fraction of sp³-hybridized carbons (Fsp3) is 0.320. The lowest BCUT2D eigenvalue weighted by Gasteiger charge is -2.17. The predicted octanol–water partition coefficient (Wildman–Crippen LogP) is 2.57. The quantitative estimate of drug-likeness (QED) is 0.534. The highest BCUT2D eigenvalue weighted by Crippen LogP contribution is 2.12. The minimum Gasteiger partial charge on any atom is -0.481 e. The van der Waals surface area contributed by atoms with Crippen molar-refractivity contribution in [1.29, 1.82) is 0 Å². The molecule has 0 saturated heterocycles. The van der Waals surface area contributed by atoms with Crippen LogP contribution in [0.5, 0.6) is 5.75 Å². The third-order valence-electron chi connectivity index (χ3n) is 4.16. The molecule has 6 heteroatoms. The van der Waals surface area contributed by atoms with Crippen LogP contribution >= 0.6 is 0 Å². The van der Waals surface area contributed by atoms with E-state index < -0.39 is 6.10 Å². The Balaban J connectivity index is 1.74. The zero-order valence-electron chi connectivity index (χ0n) is 17.6. The van der Waals surface area contributed by atoms with Gasteiger partial charge in [-0.2, -0.15) is 0 Å². The van der Waals surface area contributed by atoms with Gasteiger partial charge in [0.05, 0.1) is 20.3 Å². The summed E-state index contributed by atoms with van der Waals surface area (Å²) < 4.78 is 21.2. The molecule has 0 aliphatic rings. The Morgan fingerprint density at radius 2 is 1.84 bits per heavy atom. The molecule has 0 heterocycles. The smallest absolute Gasteiger partial charge is 0.251 e. The Morgan fingerprint density at radius 1 is 1.06 bits per heavy atom. The number of terminal acetylenes is 1. The van der Waals surface area contributed by atoms with Crippen molar-refractivity contribution in [3.8, 4) is 30.1 Å². The van der Waals surface area contributed by atoms with Gasteiger partial charge in [-0.05, 0) is 35.6 Å². The Labute approximate surface area is 183 Å². The number of nitrogens with one attached hydrogen (secondary N) is 1. The van der Waals surface area contributed by atoms with Gasteiger partial charge in [0.1, 0.15) is 18.5 Å². The summed E-state index contributed by atoms with van der Waals surface area (Å²) in [6.07, 6.45) is 7.63. The number of carbonyl (C=O) groups is 1. The van der Waals surface area contributed by atoms with Gasteiger partial charge in [0, 0.05) is 6.54 Å². The lowest BCUT2D eigenvalue weighted by Crippen LogP contribution is -2.40. The van der Waals surface area contributed by atoms with Crippen molar-refractivity contribution in [3.05, 3.63) is 65.7 Å². The molecule has 0 spiro atoms. The first kappa shape index (κ1) is 23.8. The van der Waals surface area contributed by atoms with Crippen LogP contribution < -0.4 is 10.1 Å². The van der Waals surface area contributed by atoms with Gasteiger partial charge in [-0.1, -0.05) is 48.4 Å². The summed E-state index contributed by atoms with van der Waals surface area (Å²) in [7, 11) is 1.50. The number of hydrogen-bond acceptors (Lipinski definition) is 5. The Kier molecular flexibility index (Phi) is 11.2. The number of hydrogen-bond donors (Lipinski definition) is 1. The van der Waals surface area contributed by atoms with Crippen LogP contribution in [0.15, 0.2) is 54.6 Å². The SMILES string of the molecule is C#CCOC(COCc1ccccc1)C(=O)NCCc1ccc(OCC#COC)cc1. The molecule has 0 fully saturated rings. The van der Waals surface area contributed by atoms with Crippen LogP contribution in [-0.4, -0.2) is 45.5 Å². The van der Waals surface area contributed by atoms with Crippen LogP contribution in [0.2, 0.25) is 0 Å². The van der Waals surface area contributed by atoms with E-state index in [4.69, 9.17) is 20.6 Å². The molecule has 0 saturated carbocycles. The highest BCUT2D eigenvalue weighted by atomic mass is 16.5. The predicted molar refractivity (Wildman–Crippen MR) is 118 cm³/mol. The number of methoxy groups -OCH3 is 1. The third kappa shape index (κ3) is 9.73. The third-order valence-corrected chi connectivity index (χ3v) is 4.16. The number of benzene rings is 2. The standard InChI is InChI=1S/C25H27NO5/c1-3-16-31-24(20-29-19-22-8-5-4-6-9-22)25(27)26-15-14-21-10-12-23(13-11-21)30-18-7-17-28-2/h1,4-6,8-13,24H,14-16,18-20H2,2H3,(H,26,27). The van der Waals surface area contributed by atoms with Gasteiger partial charge in [-0.25, -0.2) is 0 Å². The van der Waals surface area contributed by atoms with Crippen molar-refractivity contribution < 1.29 is 23.7 Å². The number of ether oxygens (including phenoxy) is 4. The van der Waals surface area contributed by atoms with E-state index in [1.165, 1.54) is 7.11 Å². The van der Waals surface area contributed by atoms with E-state index in [9.17, 15) is 4.79 Å². The van der Waals surface area contributed by atoms with E-state index in [-0.39, 0.29) is 25.7 Å². The number of carbonyl (C=O) groups excluding carboxylic acids is 1. The highest BCUT2D eigenvalue weighted by molar-refractivity contribution is 5.80. The summed E-state index contributed by atoms with van der Waals surface area (Å²) in [5.74, 6) is 5.57. The summed E-state index contributed by atoms with van der Waals surface area (Å²) in [4.78, 5) is 12.5. The fourth-order valence-corrected chi connectivity index (χ4v) is 2.62. The average molecular weight is 421 g/mol. The fourth-order valence-electron chi connectivity index (χ4n) is 2.62. The second-order valence-electron chi connectivity index (χ2n) is 6.46. The highest BCUT2D eigenvalue weighted by Gasteiger charge is 2.19. The summed E-state index contributed by atoms with van der Waals surface area (Å²) >= 11 is 0. The molecule has 31 heavy (non-hydrogen) atoms. The minimum atomic E-state index is -0.760. The molecule has 0 aliphatic carbocycles. The van der Waals surface area contributed by atoms with Crippen LogP contribution in [0.25, 0.3) is 0 Å². The molecule has 2 aromatic rings. The van der Waals surface area contributed by atoms with E-state index in [0.29, 0.717) is 19.6 Å². The molecule has 0 radical (unpaired) electrons. The normalized spacial score (nSPS) is 10.8. The first-order valence-electron chi connectivity index (χ1n) is 9.90. The molecule has 1 atom stereocenters. The second-order valence-corrected chi connectivity index (χ2v) is 6.46. The Morgan fingerprint density at radius 3 is 2.55 bits per heavy atom. The van der Waals surface area contributed by atoms with Crippen molar-refractivity contribution in [2.24, 2.45) is 0 Å². The second kappa shape index (κ2) is 14.5. The van der Waals surface area contributed by atoms with Gasteiger partial charge in [-0.3, -0.25) is 4.79 Å². The molecule has 0 aliphatic heterocycles. The molecule has 2 rings (SSSR count). The molecule has 1 unspecified atom stereocenters. The summed E-state index contributed by atoms with van der Waals surface area (Å²) in [6, 6.07) is 17.3. The van der Waals surface area contributed by atoms with E-state index in [1.807, 2.05) is 54.6 Å².